The zero-order valence-corrected chi connectivity index (χ0v) is 10.0. The van der Waals surface area contributed by atoms with Crippen LogP contribution in [0.15, 0.2) is 24.3 Å². The van der Waals surface area contributed by atoms with E-state index in [0.717, 1.165) is 0 Å². The van der Waals surface area contributed by atoms with Gasteiger partial charge in [-0.15, -0.1) is 5.10 Å². The number of nitrogens with zero attached hydrogens (tertiary/aromatic N) is 4. The van der Waals surface area contributed by atoms with E-state index in [1.165, 1.54) is 4.90 Å². The Kier molecular flexibility index (Phi) is 3.06. The molecule has 2 rings (SSSR count). The van der Waals surface area contributed by atoms with Crippen LogP contribution in [0.25, 0.3) is 0 Å². The van der Waals surface area contributed by atoms with Gasteiger partial charge in [0.1, 0.15) is 5.82 Å². The van der Waals surface area contributed by atoms with Crippen LogP contribution in [-0.2, 0) is 0 Å². The molecule has 6 heteroatoms. The first-order chi connectivity index (χ1) is 8.61. The number of anilines is 1. The van der Waals surface area contributed by atoms with Crippen molar-refractivity contribution in [2.24, 2.45) is 0 Å². The molecule has 90 valence electrons. The van der Waals surface area contributed by atoms with Gasteiger partial charge in [-0.05, 0) is 25.1 Å². The minimum atomic E-state index is -0.325. The second-order valence-corrected chi connectivity index (χ2v) is 3.77. The molecule has 0 saturated heterocycles. The summed E-state index contributed by atoms with van der Waals surface area (Å²) in [6.07, 6.45) is 0. The average molecular weight is 241 g/mol. The van der Waals surface area contributed by atoms with Crippen LogP contribution >= 0.6 is 0 Å². The number of H-pyrrole nitrogens is 1. The number of benzene rings is 1. The minimum absolute atomic E-state index is 0.109. The van der Waals surface area contributed by atoms with Gasteiger partial charge in [-0.2, -0.15) is 5.26 Å². The first kappa shape index (κ1) is 11.8. The number of amides is 1. The Balaban J connectivity index is 2.28. The number of carbonyl (C=O) groups excluding carboxylic acids is 1. The zero-order chi connectivity index (χ0) is 13.1. The van der Waals surface area contributed by atoms with Crippen molar-refractivity contribution in [2.45, 2.75) is 6.92 Å². The van der Waals surface area contributed by atoms with E-state index in [4.69, 9.17) is 5.26 Å². The highest BCUT2D eigenvalue weighted by Crippen LogP contribution is 2.15. The van der Waals surface area contributed by atoms with Crippen LogP contribution < -0.4 is 4.90 Å². The fourth-order valence-electron chi connectivity index (χ4n) is 1.49. The molecule has 1 amide bonds. The summed E-state index contributed by atoms with van der Waals surface area (Å²) >= 11 is 0. The molecule has 2 aromatic rings. The van der Waals surface area contributed by atoms with Crippen molar-refractivity contribution in [1.82, 2.24) is 15.2 Å². The fraction of sp³-hybridized carbons (Fsp3) is 0.167. The molecule has 0 saturated carbocycles. The molecule has 0 unspecified atom stereocenters. The molecule has 1 aromatic carbocycles. The fourth-order valence-corrected chi connectivity index (χ4v) is 1.49. The van der Waals surface area contributed by atoms with Crippen molar-refractivity contribution in [3.63, 3.8) is 0 Å². The lowest BCUT2D eigenvalue weighted by atomic mass is 10.2. The number of carbonyl (C=O) groups is 1. The summed E-state index contributed by atoms with van der Waals surface area (Å²) in [5.41, 5.74) is 1.12. The lowest BCUT2D eigenvalue weighted by Gasteiger charge is -2.15. The summed E-state index contributed by atoms with van der Waals surface area (Å²) in [5, 5.41) is 15.2. The third-order valence-electron chi connectivity index (χ3n) is 2.46. The van der Waals surface area contributed by atoms with E-state index in [2.05, 4.69) is 15.2 Å². The van der Waals surface area contributed by atoms with Crippen molar-refractivity contribution >= 4 is 11.6 Å². The van der Waals surface area contributed by atoms with Crippen molar-refractivity contribution in [1.29, 1.82) is 5.26 Å². The molecule has 1 N–H and O–H groups in total. The molecular weight excluding hydrogens is 230 g/mol. The molecule has 6 nitrogen and oxygen atoms in total. The summed E-state index contributed by atoms with van der Waals surface area (Å²) in [5.74, 6) is 0.365. The Bertz CT molecular complexity index is 625. The number of hydrogen-bond acceptors (Lipinski definition) is 4. The van der Waals surface area contributed by atoms with Gasteiger partial charge in [0.05, 0.1) is 11.6 Å². The maximum absolute atomic E-state index is 12.1. The van der Waals surface area contributed by atoms with Gasteiger partial charge in [0.2, 0.25) is 5.82 Å². The molecule has 0 aliphatic carbocycles. The number of nitrogens with one attached hydrogen (secondary N) is 1. The molecule has 1 heterocycles. The third kappa shape index (κ3) is 2.20. The summed E-state index contributed by atoms with van der Waals surface area (Å²) in [6, 6.07) is 8.82. The first-order valence-electron chi connectivity index (χ1n) is 5.29. The predicted octanol–water partition coefficient (Wildman–Crippen LogP) is 1.26. The smallest absolute Gasteiger partial charge is 0.297 e. The number of aryl methyl sites for hydroxylation is 1. The molecule has 18 heavy (non-hydrogen) atoms. The Morgan fingerprint density at radius 1 is 1.50 bits per heavy atom. The van der Waals surface area contributed by atoms with E-state index in [0.29, 0.717) is 17.1 Å². The number of aromatic amines is 1. The number of rotatable bonds is 2. The van der Waals surface area contributed by atoms with Crippen LogP contribution in [0.5, 0.6) is 0 Å². The van der Waals surface area contributed by atoms with Gasteiger partial charge in [-0.25, -0.2) is 4.98 Å². The van der Waals surface area contributed by atoms with Crippen LogP contribution in [0.3, 0.4) is 0 Å². The summed E-state index contributed by atoms with van der Waals surface area (Å²) < 4.78 is 0. The van der Waals surface area contributed by atoms with Crippen LogP contribution in [0.1, 0.15) is 22.0 Å². The van der Waals surface area contributed by atoms with E-state index in [-0.39, 0.29) is 11.7 Å². The van der Waals surface area contributed by atoms with Gasteiger partial charge in [0.15, 0.2) is 0 Å². The van der Waals surface area contributed by atoms with Crippen molar-refractivity contribution in [3.8, 4) is 6.07 Å². The second-order valence-electron chi connectivity index (χ2n) is 3.77. The highest BCUT2D eigenvalue weighted by atomic mass is 16.2. The average Bonchev–Trinajstić information content (AvgIpc) is 2.83. The van der Waals surface area contributed by atoms with E-state index >= 15 is 0 Å². The summed E-state index contributed by atoms with van der Waals surface area (Å²) in [6.45, 7) is 1.72. The quantitative estimate of drug-likeness (QED) is 0.857. The lowest BCUT2D eigenvalue weighted by Crippen LogP contribution is -2.27. The zero-order valence-electron chi connectivity index (χ0n) is 10.0. The molecular formula is C12H11N5O. The summed E-state index contributed by atoms with van der Waals surface area (Å²) in [4.78, 5) is 17.4. The number of nitriles is 1. The second kappa shape index (κ2) is 4.67. The van der Waals surface area contributed by atoms with Gasteiger partial charge < -0.3 is 4.90 Å². The maximum atomic E-state index is 12.1. The van der Waals surface area contributed by atoms with Crippen LogP contribution in [0.2, 0.25) is 0 Å². The Morgan fingerprint density at radius 2 is 2.28 bits per heavy atom. The van der Waals surface area contributed by atoms with Crippen molar-refractivity contribution < 1.29 is 4.79 Å². The monoisotopic (exact) mass is 241 g/mol. The number of hydrogen-bond donors (Lipinski definition) is 1. The van der Waals surface area contributed by atoms with Crippen LogP contribution in [0.4, 0.5) is 5.69 Å². The lowest BCUT2D eigenvalue weighted by molar-refractivity contribution is 0.0983. The van der Waals surface area contributed by atoms with E-state index in [9.17, 15) is 4.79 Å². The molecule has 0 spiro atoms. The molecule has 0 aliphatic rings. The van der Waals surface area contributed by atoms with Crippen LogP contribution in [-0.4, -0.2) is 28.1 Å². The first-order valence-corrected chi connectivity index (χ1v) is 5.29. The van der Waals surface area contributed by atoms with Gasteiger partial charge in [-0.1, -0.05) is 6.07 Å². The SMILES string of the molecule is Cc1nc(C(=O)N(C)c2cccc(C#N)c2)n[nH]1. The van der Waals surface area contributed by atoms with Crippen molar-refractivity contribution in [2.75, 3.05) is 11.9 Å². The molecule has 0 aliphatic heterocycles. The molecule has 0 bridgehead atoms. The van der Waals surface area contributed by atoms with Gasteiger partial charge >= 0.3 is 0 Å². The molecule has 1 aromatic heterocycles. The van der Waals surface area contributed by atoms with Gasteiger partial charge in [-0.3, -0.25) is 9.89 Å². The van der Waals surface area contributed by atoms with E-state index < -0.39 is 0 Å². The maximum Gasteiger partial charge on any atom is 0.297 e. The molecule has 0 radical (unpaired) electrons. The predicted molar refractivity (Wildman–Crippen MR) is 65.0 cm³/mol. The Morgan fingerprint density at radius 3 is 2.89 bits per heavy atom. The van der Waals surface area contributed by atoms with E-state index in [1.54, 1.807) is 38.2 Å². The van der Waals surface area contributed by atoms with Gasteiger partial charge in [0.25, 0.3) is 5.91 Å². The van der Waals surface area contributed by atoms with Crippen molar-refractivity contribution in [3.05, 3.63) is 41.5 Å². The Hall–Kier alpha value is -2.68. The van der Waals surface area contributed by atoms with Crippen LogP contribution in [0, 0.1) is 18.3 Å². The highest BCUT2D eigenvalue weighted by molar-refractivity contribution is 6.03. The largest absolute Gasteiger partial charge is 0.309 e. The van der Waals surface area contributed by atoms with E-state index in [1.807, 2.05) is 6.07 Å². The third-order valence-corrected chi connectivity index (χ3v) is 2.46. The minimum Gasteiger partial charge on any atom is -0.309 e. The topological polar surface area (TPSA) is 85.7 Å². The number of aromatic nitrogens is 3. The summed E-state index contributed by atoms with van der Waals surface area (Å²) in [7, 11) is 1.62. The molecule has 0 atom stereocenters. The normalized spacial score (nSPS) is 9.83. The molecule has 0 fully saturated rings. The highest BCUT2D eigenvalue weighted by Gasteiger charge is 2.17. The van der Waals surface area contributed by atoms with Gasteiger partial charge in [0, 0.05) is 12.7 Å². The Labute approximate surface area is 104 Å². The standard InChI is InChI=1S/C12H11N5O/c1-8-14-11(16-15-8)12(18)17(2)10-5-3-4-9(6-10)7-13/h3-6H,1-2H3,(H,14,15,16).